The molecule has 0 aliphatic heterocycles. The minimum atomic E-state index is -0.915. The molecule has 6 heteroatoms. The van der Waals surface area contributed by atoms with E-state index in [9.17, 15) is 13.6 Å². The number of thioether (sulfide) groups is 1. The highest BCUT2D eigenvalue weighted by Crippen LogP contribution is 2.26. The van der Waals surface area contributed by atoms with Gasteiger partial charge in [-0.05, 0) is 33.0 Å². The van der Waals surface area contributed by atoms with Gasteiger partial charge in [0.15, 0.2) is 0 Å². The molecule has 3 nitrogen and oxygen atoms in total. The predicted octanol–water partition coefficient (Wildman–Crippen LogP) is 2.60. The van der Waals surface area contributed by atoms with Crippen molar-refractivity contribution in [1.29, 1.82) is 0 Å². The van der Waals surface area contributed by atoms with Crippen molar-refractivity contribution >= 4 is 17.7 Å². The standard InChI is InChI=1S/C13H17F2NO2S/c1-4-18-12(17)13(2,16-3)8-19-11-6-5-9(14)7-10(11)15/h5-7,16H,4,8H2,1-3H3. The van der Waals surface area contributed by atoms with Crippen molar-refractivity contribution in [3.05, 3.63) is 29.8 Å². The lowest BCUT2D eigenvalue weighted by molar-refractivity contribution is -0.149. The number of halogens is 2. The van der Waals surface area contributed by atoms with E-state index < -0.39 is 23.1 Å². The molecule has 0 aliphatic carbocycles. The molecule has 0 amide bonds. The molecular formula is C13H17F2NO2S. The van der Waals surface area contributed by atoms with Crippen molar-refractivity contribution in [3.63, 3.8) is 0 Å². The number of likely N-dealkylation sites (N-methyl/N-ethyl adjacent to an activating group) is 1. The number of benzene rings is 1. The normalized spacial score (nSPS) is 13.9. The first-order chi connectivity index (χ1) is 8.92. The molecule has 1 atom stereocenters. The molecule has 0 saturated carbocycles. The molecular weight excluding hydrogens is 272 g/mol. The summed E-state index contributed by atoms with van der Waals surface area (Å²) in [7, 11) is 1.64. The third kappa shape index (κ3) is 4.18. The minimum absolute atomic E-state index is 0.283. The fourth-order valence-corrected chi connectivity index (χ4v) is 2.41. The predicted molar refractivity (Wildman–Crippen MR) is 71.2 cm³/mol. The molecule has 0 radical (unpaired) electrons. The van der Waals surface area contributed by atoms with E-state index in [1.54, 1.807) is 20.9 Å². The van der Waals surface area contributed by atoms with Crippen LogP contribution in [0.5, 0.6) is 0 Å². The number of carbonyl (C=O) groups excluding carboxylic acids is 1. The first-order valence-corrected chi connectivity index (χ1v) is 6.85. The summed E-state index contributed by atoms with van der Waals surface area (Å²) in [6.07, 6.45) is 0. The maximum Gasteiger partial charge on any atom is 0.326 e. The van der Waals surface area contributed by atoms with E-state index in [0.29, 0.717) is 4.90 Å². The minimum Gasteiger partial charge on any atom is -0.465 e. The van der Waals surface area contributed by atoms with E-state index in [-0.39, 0.29) is 12.4 Å². The molecule has 0 fully saturated rings. The second-order valence-electron chi connectivity index (χ2n) is 4.17. The molecule has 0 heterocycles. The monoisotopic (exact) mass is 289 g/mol. The van der Waals surface area contributed by atoms with Crippen LogP contribution in [-0.2, 0) is 9.53 Å². The van der Waals surface area contributed by atoms with Crippen molar-refractivity contribution in [3.8, 4) is 0 Å². The van der Waals surface area contributed by atoms with Crippen LogP contribution in [0.4, 0.5) is 8.78 Å². The van der Waals surface area contributed by atoms with Crippen LogP contribution < -0.4 is 5.32 Å². The third-order valence-electron chi connectivity index (χ3n) is 2.69. The Kier molecular flexibility index (Phi) is 5.75. The van der Waals surface area contributed by atoms with E-state index in [0.717, 1.165) is 17.8 Å². The Labute approximate surface area is 115 Å². The van der Waals surface area contributed by atoms with Gasteiger partial charge in [0.25, 0.3) is 0 Å². The average molecular weight is 289 g/mol. The van der Waals surface area contributed by atoms with Crippen LogP contribution in [0.2, 0.25) is 0 Å². The zero-order chi connectivity index (χ0) is 14.5. The second kappa shape index (κ2) is 6.86. The van der Waals surface area contributed by atoms with E-state index in [1.807, 2.05) is 0 Å². The molecule has 1 aromatic carbocycles. The van der Waals surface area contributed by atoms with E-state index in [1.165, 1.54) is 12.1 Å². The van der Waals surface area contributed by atoms with Gasteiger partial charge in [-0.25, -0.2) is 8.78 Å². The number of ether oxygens (including phenoxy) is 1. The van der Waals surface area contributed by atoms with E-state index >= 15 is 0 Å². The molecule has 1 rings (SSSR count). The average Bonchev–Trinajstić information content (AvgIpc) is 2.37. The van der Waals surface area contributed by atoms with Crippen LogP contribution in [0, 0.1) is 11.6 Å². The number of hydrogen-bond donors (Lipinski definition) is 1. The van der Waals surface area contributed by atoms with Gasteiger partial charge >= 0.3 is 5.97 Å². The summed E-state index contributed by atoms with van der Waals surface area (Å²) in [5.74, 6) is -1.37. The molecule has 0 spiro atoms. The highest BCUT2D eigenvalue weighted by molar-refractivity contribution is 7.99. The van der Waals surface area contributed by atoms with Gasteiger partial charge < -0.3 is 10.1 Å². The van der Waals surface area contributed by atoms with Crippen LogP contribution in [-0.4, -0.2) is 30.9 Å². The van der Waals surface area contributed by atoms with Gasteiger partial charge in [-0.1, -0.05) is 0 Å². The van der Waals surface area contributed by atoms with Crippen LogP contribution in [0.1, 0.15) is 13.8 Å². The molecule has 0 bridgehead atoms. The number of rotatable bonds is 6. The van der Waals surface area contributed by atoms with Crippen LogP contribution in [0.25, 0.3) is 0 Å². The lowest BCUT2D eigenvalue weighted by Gasteiger charge is -2.26. The summed E-state index contributed by atoms with van der Waals surface area (Å²) in [6, 6.07) is 3.37. The molecule has 0 aliphatic rings. The van der Waals surface area contributed by atoms with Gasteiger partial charge in [-0.2, -0.15) is 0 Å². The van der Waals surface area contributed by atoms with Crippen molar-refractivity contribution in [1.82, 2.24) is 5.32 Å². The van der Waals surface area contributed by atoms with Crippen LogP contribution in [0.15, 0.2) is 23.1 Å². The zero-order valence-corrected chi connectivity index (χ0v) is 11.9. The van der Waals surface area contributed by atoms with E-state index in [4.69, 9.17) is 4.74 Å². The molecule has 0 saturated heterocycles. The summed E-state index contributed by atoms with van der Waals surface area (Å²) in [4.78, 5) is 12.1. The molecule has 0 aromatic heterocycles. The maximum atomic E-state index is 13.5. The fraction of sp³-hybridized carbons (Fsp3) is 0.462. The number of nitrogens with one attached hydrogen (secondary N) is 1. The molecule has 1 aromatic rings. The molecule has 106 valence electrons. The van der Waals surface area contributed by atoms with Crippen molar-refractivity contribution < 1.29 is 18.3 Å². The Balaban J connectivity index is 2.74. The molecule has 1 N–H and O–H groups in total. The second-order valence-corrected chi connectivity index (χ2v) is 5.18. The maximum absolute atomic E-state index is 13.5. The van der Waals surface area contributed by atoms with Crippen molar-refractivity contribution in [2.24, 2.45) is 0 Å². The Morgan fingerprint density at radius 1 is 1.47 bits per heavy atom. The lowest BCUT2D eigenvalue weighted by atomic mass is 10.1. The summed E-state index contributed by atoms with van der Waals surface area (Å²) >= 11 is 1.14. The summed E-state index contributed by atoms with van der Waals surface area (Å²) in [5.41, 5.74) is -0.915. The molecule has 19 heavy (non-hydrogen) atoms. The van der Waals surface area contributed by atoms with E-state index in [2.05, 4.69) is 5.32 Å². The van der Waals surface area contributed by atoms with Crippen LogP contribution in [0.3, 0.4) is 0 Å². The van der Waals surface area contributed by atoms with Gasteiger partial charge in [0.2, 0.25) is 0 Å². The Morgan fingerprint density at radius 3 is 2.68 bits per heavy atom. The highest BCUT2D eigenvalue weighted by Gasteiger charge is 2.33. The Hall–Kier alpha value is -1.14. The van der Waals surface area contributed by atoms with Gasteiger partial charge in [-0.15, -0.1) is 11.8 Å². The lowest BCUT2D eigenvalue weighted by Crippen LogP contribution is -2.50. The quantitative estimate of drug-likeness (QED) is 0.645. The smallest absolute Gasteiger partial charge is 0.326 e. The number of hydrogen-bond acceptors (Lipinski definition) is 4. The SMILES string of the molecule is CCOC(=O)C(C)(CSc1ccc(F)cc1F)NC. The summed E-state index contributed by atoms with van der Waals surface area (Å²) in [5, 5.41) is 2.87. The van der Waals surface area contributed by atoms with Crippen molar-refractivity contribution in [2.75, 3.05) is 19.4 Å². The van der Waals surface area contributed by atoms with Crippen molar-refractivity contribution in [2.45, 2.75) is 24.3 Å². The summed E-state index contributed by atoms with van der Waals surface area (Å²) in [6.45, 7) is 3.69. The summed E-state index contributed by atoms with van der Waals surface area (Å²) < 4.78 is 31.2. The number of esters is 1. The largest absolute Gasteiger partial charge is 0.465 e. The van der Waals surface area contributed by atoms with Crippen LogP contribution >= 0.6 is 11.8 Å². The van der Waals surface area contributed by atoms with Gasteiger partial charge in [0, 0.05) is 16.7 Å². The van der Waals surface area contributed by atoms with Gasteiger partial charge in [0.05, 0.1) is 6.61 Å². The highest BCUT2D eigenvalue weighted by atomic mass is 32.2. The Morgan fingerprint density at radius 2 is 2.16 bits per heavy atom. The third-order valence-corrected chi connectivity index (χ3v) is 4.05. The van der Waals surface area contributed by atoms with Gasteiger partial charge in [0.1, 0.15) is 17.2 Å². The first kappa shape index (κ1) is 15.9. The topological polar surface area (TPSA) is 38.3 Å². The zero-order valence-electron chi connectivity index (χ0n) is 11.1. The number of carbonyl (C=O) groups is 1. The Bertz CT molecular complexity index is 456. The fourth-order valence-electron chi connectivity index (χ4n) is 1.34. The first-order valence-electron chi connectivity index (χ1n) is 5.87. The molecule has 1 unspecified atom stereocenters. The van der Waals surface area contributed by atoms with Gasteiger partial charge in [-0.3, -0.25) is 4.79 Å².